The van der Waals surface area contributed by atoms with Crippen LogP contribution in [0.25, 0.3) is 0 Å². The molecule has 1 aromatic rings. The second-order valence-electron chi connectivity index (χ2n) is 5.00. The number of rotatable bonds is 3. The van der Waals surface area contributed by atoms with Gasteiger partial charge in [-0.3, -0.25) is 0 Å². The van der Waals surface area contributed by atoms with Gasteiger partial charge in [0.25, 0.3) is 0 Å². The fourth-order valence-corrected chi connectivity index (χ4v) is 2.92. The van der Waals surface area contributed by atoms with Gasteiger partial charge in [-0.2, -0.15) is 5.26 Å². The quantitative estimate of drug-likeness (QED) is 0.887. The van der Waals surface area contributed by atoms with E-state index in [2.05, 4.69) is 24.0 Å². The maximum atomic E-state index is 9.29. The van der Waals surface area contributed by atoms with Gasteiger partial charge in [-0.15, -0.1) is 0 Å². The molecule has 0 saturated carbocycles. The highest BCUT2D eigenvalue weighted by Gasteiger charge is 2.24. The van der Waals surface area contributed by atoms with Gasteiger partial charge < -0.3 is 10.6 Å². The Hall–Kier alpha value is -1.53. The highest BCUT2D eigenvalue weighted by molar-refractivity contribution is 5.64. The molecule has 2 rings (SSSR count). The van der Waals surface area contributed by atoms with Crippen LogP contribution in [-0.4, -0.2) is 19.1 Å². The summed E-state index contributed by atoms with van der Waals surface area (Å²) >= 11 is 0. The van der Waals surface area contributed by atoms with E-state index in [0.29, 0.717) is 6.04 Å². The van der Waals surface area contributed by atoms with Gasteiger partial charge in [0, 0.05) is 12.6 Å². The molecule has 3 heteroatoms. The molecule has 1 fully saturated rings. The van der Waals surface area contributed by atoms with Crippen molar-refractivity contribution in [3.8, 4) is 6.07 Å². The Balaban J connectivity index is 2.36. The van der Waals surface area contributed by atoms with E-state index in [4.69, 9.17) is 5.73 Å². The number of benzene rings is 1. The third-order valence-corrected chi connectivity index (χ3v) is 3.77. The first kappa shape index (κ1) is 12.9. The van der Waals surface area contributed by atoms with Crippen molar-refractivity contribution in [1.82, 2.24) is 0 Å². The average molecular weight is 243 g/mol. The number of piperidine rings is 1. The fourth-order valence-electron chi connectivity index (χ4n) is 2.92. The Bertz CT molecular complexity index is 446. The number of aryl methyl sites for hydroxylation is 1. The molecule has 1 unspecified atom stereocenters. The summed E-state index contributed by atoms with van der Waals surface area (Å²) in [7, 11) is 0. The second kappa shape index (κ2) is 5.88. The minimum atomic E-state index is 0.497. The first-order chi connectivity index (χ1) is 8.77. The smallest absolute Gasteiger partial charge is 0.101 e. The van der Waals surface area contributed by atoms with Crippen LogP contribution in [0.3, 0.4) is 0 Å². The van der Waals surface area contributed by atoms with Crippen LogP contribution in [0.15, 0.2) is 18.2 Å². The van der Waals surface area contributed by atoms with Crippen molar-refractivity contribution in [2.24, 2.45) is 5.73 Å². The van der Waals surface area contributed by atoms with Crippen molar-refractivity contribution < 1.29 is 0 Å². The molecule has 1 aliphatic heterocycles. The van der Waals surface area contributed by atoms with E-state index in [1.165, 1.54) is 24.8 Å². The van der Waals surface area contributed by atoms with Crippen LogP contribution in [0.5, 0.6) is 0 Å². The molecule has 1 atom stereocenters. The summed E-state index contributed by atoms with van der Waals surface area (Å²) in [6.07, 6.45) is 4.69. The summed E-state index contributed by atoms with van der Waals surface area (Å²) in [6, 6.07) is 8.78. The molecule has 1 aliphatic rings. The van der Waals surface area contributed by atoms with E-state index in [0.717, 1.165) is 30.8 Å². The molecule has 0 radical (unpaired) electrons. The molecule has 1 saturated heterocycles. The Morgan fingerprint density at radius 3 is 3.00 bits per heavy atom. The summed E-state index contributed by atoms with van der Waals surface area (Å²) in [5.74, 6) is 0. The lowest BCUT2D eigenvalue weighted by Gasteiger charge is -2.39. The SMILES string of the molecule is Cc1cccc(C#N)c1N1CCCCC1CCN. The molecule has 3 nitrogen and oxygen atoms in total. The zero-order valence-corrected chi connectivity index (χ0v) is 11.0. The van der Waals surface area contributed by atoms with E-state index in [9.17, 15) is 5.26 Å². The average Bonchev–Trinajstić information content (AvgIpc) is 2.40. The fraction of sp³-hybridized carbons (Fsp3) is 0.533. The third-order valence-electron chi connectivity index (χ3n) is 3.77. The van der Waals surface area contributed by atoms with Crippen LogP contribution in [0.2, 0.25) is 0 Å². The topological polar surface area (TPSA) is 53.0 Å². The largest absolute Gasteiger partial charge is 0.367 e. The van der Waals surface area contributed by atoms with Gasteiger partial charge in [0.1, 0.15) is 6.07 Å². The maximum absolute atomic E-state index is 9.29. The number of nitrogens with zero attached hydrogens (tertiary/aromatic N) is 2. The highest BCUT2D eigenvalue weighted by atomic mass is 15.2. The van der Waals surface area contributed by atoms with Crippen LogP contribution >= 0.6 is 0 Å². The van der Waals surface area contributed by atoms with Crippen molar-refractivity contribution in [3.05, 3.63) is 29.3 Å². The minimum absolute atomic E-state index is 0.497. The number of nitrogens with two attached hydrogens (primary N) is 1. The minimum Gasteiger partial charge on any atom is -0.367 e. The van der Waals surface area contributed by atoms with Crippen molar-refractivity contribution in [2.45, 2.75) is 38.6 Å². The van der Waals surface area contributed by atoms with Crippen LogP contribution in [0.1, 0.15) is 36.8 Å². The van der Waals surface area contributed by atoms with Gasteiger partial charge in [0.15, 0.2) is 0 Å². The number of hydrogen-bond acceptors (Lipinski definition) is 3. The molecule has 96 valence electrons. The van der Waals surface area contributed by atoms with E-state index < -0.39 is 0 Å². The van der Waals surface area contributed by atoms with Crippen molar-refractivity contribution >= 4 is 5.69 Å². The summed E-state index contributed by atoms with van der Waals surface area (Å²) < 4.78 is 0. The van der Waals surface area contributed by atoms with Gasteiger partial charge >= 0.3 is 0 Å². The van der Waals surface area contributed by atoms with Gasteiger partial charge in [0.05, 0.1) is 11.3 Å². The first-order valence-electron chi connectivity index (χ1n) is 6.74. The summed E-state index contributed by atoms with van der Waals surface area (Å²) in [5, 5.41) is 9.29. The Morgan fingerprint density at radius 1 is 1.44 bits per heavy atom. The second-order valence-corrected chi connectivity index (χ2v) is 5.00. The zero-order valence-electron chi connectivity index (χ0n) is 11.0. The standard InChI is InChI=1S/C15H21N3/c1-12-5-4-6-13(11-17)15(12)18-10-3-2-7-14(18)8-9-16/h4-6,14H,2-3,7-10,16H2,1H3. The lowest BCUT2D eigenvalue weighted by molar-refractivity contribution is 0.441. The van der Waals surface area contributed by atoms with Crippen molar-refractivity contribution in [2.75, 3.05) is 18.0 Å². The summed E-state index contributed by atoms with van der Waals surface area (Å²) in [4.78, 5) is 2.41. The van der Waals surface area contributed by atoms with E-state index >= 15 is 0 Å². The monoisotopic (exact) mass is 243 g/mol. The number of para-hydroxylation sites is 1. The van der Waals surface area contributed by atoms with E-state index in [1.807, 2.05) is 12.1 Å². The van der Waals surface area contributed by atoms with Crippen LogP contribution in [0.4, 0.5) is 5.69 Å². The molecule has 18 heavy (non-hydrogen) atoms. The molecular weight excluding hydrogens is 222 g/mol. The summed E-state index contributed by atoms with van der Waals surface area (Å²) in [6.45, 7) is 3.85. The predicted molar refractivity (Wildman–Crippen MR) is 74.6 cm³/mol. The van der Waals surface area contributed by atoms with E-state index in [1.54, 1.807) is 0 Å². The normalized spacial score (nSPS) is 19.6. The molecule has 2 N–H and O–H groups in total. The van der Waals surface area contributed by atoms with Crippen LogP contribution < -0.4 is 10.6 Å². The Morgan fingerprint density at radius 2 is 2.28 bits per heavy atom. The number of nitriles is 1. The molecule has 0 bridgehead atoms. The van der Waals surface area contributed by atoms with E-state index in [-0.39, 0.29) is 0 Å². The van der Waals surface area contributed by atoms with Crippen molar-refractivity contribution in [3.63, 3.8) is 0 Å². The first-order valence-corrected chi connectivity index (χ1v) is 6.74. The van der Waals surface area contributed by atoms with Gasteiger partial charge in [-0.05, 0) is 50.8 Å². The highest BCUT2D eigenvalue weighted by Crippen LogP contribution is 2.31. The third kappa shape index (κ3) is 2.49. The van der Waals surface area contributed by atoms with Gasteiger partial charge in [-0.25, -0.2) is 0 Å². The lowest BCUT2D eigenvalue weighted by Crippen LogP contribution is -2.41. The van der Waals surface area contributed by atoms with Gasteiger partial charge in [0.2, 0.25) is 0 Å². The molecular formula is C15H21N3. The lowest BCUT2D eigenvalue weighted by atomic mass is 9.96. The number of anilines is 1. The number of hydrogen-bond donors (Lipinski definition) is 1. The Labute approximate surface area is 109 Å². The molecule has 0 amide bonds. The molecule has 0 aliphatic carbocycles. The zero-order chi connectivity index (χ0) is 13.0. The summed E-state index contributed by atoms with van der Waals surface area (Å²) in [5.41, 5.74) is 8.82. The molecule has 0 spiro atoms. The Kier molecular flexibility index (Phi) is 4.22. The predicted octanol–water partition coefficient (Wildman–Crippen LogP) is 2.57. The van der Waals surface area contributed by atoms with Crippen LogP contribution in [0, 0.1) is 18.3 Å². The van der Waals surface area contributed by atoms with Gasteiger partial charge in [-0.1, -0.05) is 12.1 Å². The molecule has 1 aromatic carbocycles. The molecule has 0 aromatic heterocycles. The molecule has 1 heterocycles. The van der Waals surface area contributed by atoms with Crippen molar-refractivity contribution in [1.29, 1.82) is 5.26 Å². The van der Waals surface area contributed by atoms with Crippen LogP contribution in [-0.2, 0) is 0 Å². The maximum Gasteiger partial charge on any atom is 0.101 e.